The molecule has 0 fully saturated rings. The molecule has 0 spiro atoms. The van der Waals surface area contributed by atoms with Gasteiger partial charge in [-0.25, -0.2) is 0 Å². The first-order valence-corrected chi connectivity index (χ1v) is 7.24. The Morgan fingerprint density at radius 2 is 2.00 bits per heavy atom. The highest BCUT2D eigenvalue weighted by atomic mass is 32.1. The maximum absolute atomic E-state index is 12.7. The number of benzene rings is 1. The van der Waals surface area contributed by atoms with E-state index in [9.17, 15) is 9.59 Å². The van der Waals surface area contributed by atoms with Crippen LogP contribution in [0.3, 0.4) is 0 Å². The Labute approximate surface area is 124 Å². The smallest absolute Gasteiger partial charge is 0.282 e. The Kier molecular flexibility index (Phi) is 3.31. The highest BCUT2D eigenvalue weighted by molar-refractivity contribution is 7.18. The number of thiophene rings is 1. The predicted octanol–water partition coefficient (Wildman–Crippen LogP) is 2.71. The second-order valence-electron chi connectivity index (χ2n) is 4.65. The summed E-state index contributed by atoms with van der Waals surface area (Å²) in [5.41, 5.74) is 0.467. The monoisotopic (exact) mass is 299 g/mol. The van der Waals surface area contributed by atoms with Crippen molar-refractivity contribution >= 4 is 33.0 Å². The van der Waals surface area contributed by atoms with E-state index in [1.54, 1.807) is 6.20 Å². The SMILES string of the molecule is CC(=O)Nc1sc(C)c2cnn(-c3ccccc3)c(=O)c12. The molecule has 0 unspecified atom stereocenters. The molecule has 0 bridgehead atoms. The molecule has 106 valence electrons. The molecule has 0 radical (unpaired) electrons. The summed E-state index contributed by atoms with van der Waals surface area (Å²) in [5, 5.41) is 8.82. The predicted molar refractivity (Wildman–Crippen MR) is 84.3 cm³/mol. The highest BCUT2D eigenvalue weighted by Gasteiger charge is 2.16. The quantitative estimate of drug-likeness (QED) is 0.791. The molecule has 2 aromatic heterocycles. The lowest BCUT2D eigenvalue weighted by Gasteiger charge is -2.05. The number of amides is 1. The maximum Gasteiger partial charge on any atom is 0.282 e. The first kappa shape index (κ1) is 13.5. The van der Waals surface area contributed by atoms with Gasteiger partial charge in [-0.2, -0.15) is 9.78 Å². The van der Waals surface area contributed by atoms with Crippen LogP contribution in [-0.2, 0) is 4.79 Å². The number of carbonyl (C=O) groups excluding carboxylic acids is 1. The third-order valence-electron chi connectivity index (χ3n) is 3.13. The Balaban J connectivity index is 2.29. The lowest BCUT2D eigenvalue weighted by Crippen LogP contribution is -2.21. The van der Waals surface area contributed by atoms with E-state index in [1.165, 1.54) is 22.9 Å². The Morgan fingerprint density at radius 1 is 1.29 bits per heavy atom. The fourth-order valence-electron chi connectivity index (χ4n) is 2.20. The first-order valence-electron chi connectivity index (χ1n) is 6.42. The van der Waals surface area contributed by atoms with Gasteiger partial charge < -0.3 is 5.32 Å². The van der Waals surface area contributed by atoms with Gasteiger partial charge in [-0.05, 0) is 19.1 Å². The van der Waals surface area contributed by atoms with Gasteiger partial charge >= 0.3 is 0 Å². The zero-order chi connectivity index (χ0) is 15.0. The minimum atomic E-state index is -0.230. The van der Waals surface area contributed by atoms with Crippen LogP contribution in [0, 0.1) is 6.92 Å². The summed E-state index contributed by atoms with van der Waals surface area (Å²) in [4.78, 5) is 25.0. The molecule has 0 aliphatic rings. The van der Waals surface area contributed by atoms with Gasteiger partial charge in [0, 0.05) is 17.2 Å². The van der Waals surface area contributed by atoms with Crippen LogP contribution in [0.15, 0.2) is 41.3 Å². The Morgan fingerprint density at radius 3 is 2.67 bits per heavy atom. The van der Waals surface area contributed by atoms with Crippen molar-refractivity contribution in [3.05, 3.63) is 51.8 Å². The molecule has 6 heteroatoms. The number of aryl methyl sites for hydroxylation is 1. The van der Waals surface area contributed by atoms with Crippen molar-refractivity contribution in [3.63, 3.8) is 0 Å². The molecular weight excluding hydrogens is 286 g/mol. The molecule has 0 saturated heterocycles. The van der Waals surface area contributed by atoms with E-state index in [0.29, 0.717) is 16.1 Å². The van der Waals surface area contributed by atoms with E-state index in [0.717, 1.165) is 10.3 Å². The average molecular weight is 299 g/mol. The summed E-state index contributed by atoms with van der Waals surface area (Å²) >= 11 is 1.39. The van der Waals surface area contributed by atoms with Crippen LogP contribution < -0.4 is 10.9 Å². The van der Waals surface area contributed by atoms with E-state index >= 15 is 0 Å². The normalized spacial score (nSPS) is 10.8. The van der Waals surface area contributed by atoms with E-state index < -0.39 is 0 Å². The summed E-state index contributed by atoms with van der Waals surface area (Å²) in [7, 11) is 0. The summed E-state index contributed by atoms with van der Waals surface area (Å²) in [6, 6.07) is 9.21. The fourth-order valence-corrected chi connectivity index (χ4v) is 3.27. The average Bonchev–Trinajstić information content (AvgIpc) is 2.76. The van der Waals surface area contributed by atoms with Crippen molar-refractivity contribution in [2.75, 3.05) is 5.32 Å². The molecule has 0 aliphatic carbocycles. The Bertz CT molecular complexity index is 881. The van der Waals surface area contributed by atoms with Gasteiger partial charge in [0.15, 0.2) is 0 Å². The highest BCUT2D eigenvalue weighted by Crippen LogP contribution is 2.32. The van der Waals surface area contributed by atoms with Crippen molar-refractivity contribution in [1.82, 2.24) is 9.78 Å². The molecule has 0 atom stereocenters. The van der Waals surface area contributed by atoms with Crippen LogP contribution >= 0.6 is 11.3 Å². The largest absolute Gasteiger partial charge is 0.317 e. The standard InChI is InChI=1S/C15H13N3O2S/c1-9-12-8-16-18(11-6-4-3-5-7-11)15(20)13(12)14(21-9)17-10(2)19/h3-8H,1-2H3,(H,17,19). The second kappa shape index (κ2) is 5.14. The van der Waals surface area contributed by atoms with Crippen molar-refractivity contribution < 1.29 is 4.79 Å². The summed E-state index contributed by atoms with van der Waals surface area (Å²) in [6.45, 7) is 3.34. The van der Waals surface area contributed by atoms with Gasteiger partial charge in [-0.15, -0.1) is 11.3 Å². The van der Waals surface area contributed by atoms with E-state index in [1.807, 2.05) is 37.3 Å². The lowest BCUT2D eigenvalue weighted by molar-refractivity contribution is -0.114. The van der Waals surface area contributed by atoms with Crippen molar-refractivity contribution in [2.45, 2.75) is 13.8 Å². The molecule has 0 saturated carbocycles. The Hall–Kier alpha value is -2.47. The van der Waals surface area contributed by atoms with Gasteiger partial charge in [0.2, 0.25) is 5.91 Å². The van der Waals surface area contributed by atoms with Crippen LogP contribution in [-0.4, -0.2) is 15.7 Å². The molecule has 21 heavy (non-hydrogen) atoms. The van der Waals surface area contributed by atoms with Gasteiger partial charge in [-0.3, -0.25) is 9.59 Å². The van der Waals surface area contributed by atoms with Gasteiger partial charge in [0.05, 0.1) is 17.3 Å². The summed E-state index contributed by atoms with van der Waals surface area (Å²) in [6.07, 6.45) is 1.67. The van der Waals surface area contributed by atoms with Crippen LogP contribution in [0.5, 0.6) is 0 Å². The molecule has 3 aromatic rings. The zero-order valence-corrected chi connectivity index (χ0v) is 12.4. The van der Waals surface area contributed by atoms with Crippen molar-refractivity contribution in [1.29, 1.82) is 0 Å². The summed E-state index contributed by atoms with van der Waals surface area (Å²) < 4.78 is 1.35. The molecule has 0 aliphatic heterocycles. The number of rotatable bonds is 2. The van der Waals surface area contributed by atoms with Crippen LogP contribution in [0.25, 0.3) is 16.5 Å². The van der Waals surface area contributed by atoms with Gasteiger partial charge in [0.25, 0.3) is 5.56 Å². The lowest BCUT2D eigenvalue weighted by atomic mass is 10.2. The minimum Gasteiger partial charge on any atom is -0.317 e. The molecular formula is C15H13N3O2S. The topological polar surface area (TPSA) is 64.0 Å². The number of hydrogen-bond donors (Lipinski definition) is 1. The minimum absolute atomic E-state index is 0.194. The zero-order valence-electron chi connectivity index (χ0n) is 11.6. The number of nitrogens with one attached hydrogen (secondary N) is 1. The number of carbonyl (C=O) groups is 1. The summed E-state index contributed by atoms with van der Waals surface area (Å²) in [5.74, 6) is -0.194. The van der Waals surface area contributed by atoms with Crippen molar-refractivity contribution in [3.8, 4) is 5.69 Å². The van der Waals surface area contributed by atoms with Crippen LogP contribution in [0.4, 0.5) is 5.00 Å². The molecule has 2 heterocycles. The number of anilines is 1. The number of hydrogen-bond acceptors (Lipinski definition) is 4. The van der Waals surface area contributed by atoms with Crippen LogP contribution in [0.2, 0.25) is 0 Å². The van der Waals surface area contributed by atoms with E-state index in [2.05, 4.69) is 10.4 Å². The van der Waals surface area contributed by atoms with Gasteiger partial charge in [0.1, 0.15) is 5.00 Å². The molecule has 5 nitrogen and oxygen atoms in total. The third-order valence-corrected chi connectivity index (χ3v) is 4.17. The maximum atomic E-state index is 12.7. The number of nitrogens with zero attached hydrogens (tertiary/aromatic N) is 2. The number of fused-ring (bicyclic) bond motifs is 1. The third kappa shape index (κ3) is 2.34. The van der Waals surface area contributed by atoms with Gasteiger partial charge in [-0.1, -0.05) is 18.2 Å². The molecule has 1 amide bonds. The second-order valence-corrected chi connectivity index (χ2v) is 5.88. The number of aromatic nitrogens is 2. The van der Waals surface area contributed by atoms with Crippen LogP contribution in [0.1, 0.15) is 11.8 Å². The number of para-hydroxylation sites is 1. The van der Waals surface area contributed by atoms with E-state index in [4.69, 9.17) is 0 Å². The van der Waals surface area contributed by atoms with Crippen molar-refractivity contribution in [2.24, 2.45) is 0 Å². The molecule has 1 aromatic carbocycles. The molecule has 3 rings (SSSR count). The molecule has 1 N–H and O–H groups in total. The fraction of sp³-hybridized carbons (Fsp3) is 0.133. The van der Waals surface area contributed by atoms with E-state index in [-0.39, 0.29) is 11.5 Å². The first-order chi connectivity index (χ1) is 10.1.